The lowest BCUT2D eigenvalue weighted by atomic mass is 9.96. The Bertz CT molecular complexity index is 210. The second kappa shape index (κ2) is 4.87. The first kappa shape index (κ1) is 9.19. The van der Waals surface area contributed by atoms with Crippen molar-refractivity contribution in [3.8, 4) is 0 Å². The van der Waals surface area contributed by atoms with E-state index < -0.39 is 0 Å². The van der Waals surface area contributed by atoms with Gasteiger partial charge in [0.1, 0.15) is 0 Å². The van der Waals surface area contributed by atoms with Crippen LogP contribution in [0.25, 0.3) is 0 Å². The van der Waals surface area contributed by atoms with Crippen molar-refractivity contribution in [3.05, 3.63) is 12.2 Å². The van der Waals surface area contributed by atoms with Crippen molar-refractivity contribution >= 4 is 23.5 Å². The maximum absolute atomic E-state index is 5.20. The summed E-state index contributed by atoms with van der Waals surface area (Å²) >= 11 is 4.60. The molecule has 0 saturated carbocycles. The fraction of sp³-hybridized carbons (Fsp3) is 0.500. The van der Waals surface area contributed by atoms with Gasteiger partial charge < -0.3 is 5.73 Å². The van der Waals surface area contributed by atoms with Gasteiger partial charge in [-0.25, -0.2) is 0 Å². The van der Waals surface area contributed by atoms with Gasteiger partial charge in [-0.2, -0.15) is 5.10 Å². The van der Waals surface area contributed by atoms with Gasteiger partial charge in [-0.3, -0.25) is 5.43 Å². The van der Waals surface area contributed by atoms with E-state index in [1.54, 1.807) is 0 Å². The zero-order chi connectivity index (χ0) is 8.81. The average Bonchev–Trinajstić information content (AvgIpc) is 2.05. The van der Waals surface area contributed by atoms with E-state index in [2.05, 4.69) is 34.9 Å². The Labute approximate surface area is 77.7 Å². The number of allylic oxidation sites excluding steroid dienone is 2. The van der Waals surface area contributed by atoms with Crippen LogP contribution in [0.15, 0.2) is 17.3 Å². The summed E-state index contributed by atoms with van der Waals surface area (Å²) in [5.41, 5.74) is 7.75. The Kier molecular flexibility index (Phi) is 3.73. The molecule has 0 heterocycles. The van der Waals surface area contributed by atoms with E-state index in [9.17, 15) is 0 Å². The van der Waals surface area contributed by atoms with Gasteiger partial charge in [-0.1, -0.05) is 12.2 Å². The first-order valence-electron chi connectivity index (χ1n) is 4.02. The molecule has 0 radical (unpaired) electrons. The van der Waals surface area contributed by atoms with Crippen molar-refractivity contribution in [1.82, 2.24) is 5.43 Å². The smallest absolute Gasteiger partial charge is 0.184 e. The summed E-state index contributed by atoms with van der Waals surface area (Å²) in [4.78, 5) is 0. The second-order valence-corrected chi connectivity index (χ2v) is 3.24. The molecule has 3 nitrogen and oxygen atoms in total. The highest BCUT2D eigenvalue weighted by atomic mass is 32.1. The van der Waals surface area contributed by atoms with E-state index >= 15 is 0 Å². The number of hydrogen-bond acceptors (Lipinski definition) is 2. The van der Waals surface area contributed by atoms with Crippen molar-refractivity contribution in [2.24, 2.45) is 16.8 Å². The lowest BCUT2D eigenvalue weighted by Gasteiger charge is -2.11. The summed E-state index contributed by atoms with van der Waals surface area (Å²) in [5, 5.41) is 4.14. The fourth-order valence-electron chi connectivity index (χ4n) is 1.16. The lowest BCUT2D eigenvalue weighted by Crippen LogP contribution is -2.24. The second-order valence-electron chi connectivity index (χ2n) is 2.80. The molecule has 0 spiro atoms. The molecule has 0 fully saturated rings. The highest BCUT2D eigenvalue weighted by Crippen LogP contribution is 2.15. The SMILES string of the molecule is NC(=S)N/N=C/[C@H]1CC=CCC1. The van der Waals surface area contributed by atoms with Crippen LogP contribution in [0.3, 0.4) is 0 Å². The summed E-state index contributed by atoms with van der Waals surface area (Å²) in [5.74, 6) is 0.539. The van der Waals surface area contributed by atoms with E-state index in [1.165, 1.54) is 6.42 Å². The Morgan fingerprint density at radius 1 is 1.67 bits per heavy atom. The van der Waals surface area contributed by atoms with Gasteiger partial charge in [0.2, 0.25) is 0 Å². The van der Waals surface area contributed by atoms with Crippen LogP contribution >= 0.6 is 12.2 Å². The van der Waals surface area contributed by atoms with Crippen LogP contribution in [-0.2, 0) is 0 Å². The molecule has 0 saturated heterocycles. The van der Waals surface area contributed by atoms with Crippen molar-refractivity contribution in [2.75, 3.05) is 0 Å². The molecule has 0 amide bonds. The van der Waals surface area contributed by atoms with Crippen molar-refractivity contribution < 1.29 is 0 Å². The third-order valence-corrected chi connectivity index (χ3v) is 1.86. The van der Waals surface area contributed by atoms with Gasteiger partial charge in [0, 0.05) is 6.21 Å². The number of nitrogens with two attached hydrogens (primary N) is 1. The molecule has 4 heteroatoms. The number of thiocarbonyl (C=S) groups is 1. The Morgan fingerprint density at radius 3 is 3.08 bits per heavy atom. The minimum atomic E-state index is 0.220. The molecule has 3 N–H and O–H groups in total. The van der Waals surface area contributed by atoms with Crippen LogP contribution < -0.4 is 11.2 Å². The molecule has 1 aliphatic rings. The summed E-state index contributed by atoms with van der Waals surface area (Å²) < 4.78 is 0. The van der Waals surface area contributed by atoms with Crippen LogP contribution in [-0.4, -0.2) is 11.3 Å². The van der Waals surface area contributed by atoms with E-state index in [-0.39, 0.29) is 5.11 Å². The van der Waals surface area contributed by atoms with E-state index in [0.29, 0.717) is 5.92 Å². The molecule has 1 rings (SSSR count). The van der Waals surface area contributed by atoms with Crippen LogP contribution in [0.1, 0.15) is 19.3 Å². The van der Waals surface area contributed by atoms with Crippen LogP contribution in [0.4, 0.5) is 0 Å². The summed E-state index contributed by atoms with van der Waals surface area (Å²) in [6.07, 6.45) is 9.64. The molecule has 0 unspecified atom stereocenters. The molecule has 12 heavy (non-hydrogen) atoms. The van der Waals surface area contributed by atoms with E-state index in [4.69, 9.17) is 5.73 Å². The number of rotatable bonds is 2. The first-order valence-corrected chi connectivity index (χ1v) is 4.43. The molecular formula is C8H13N3S. The molecule has 1 atom stereocenters. The number of hydrogen-bond donors (Lipinski definition) is 2. The van der Waals surface area contributed by atoms with Gasteiger partial charge in [0.05, 0.1) is 0 Å². The molecule has 0 aromatic rings. The quantitative estimate of drug-likeness (QED) is 0.292. The minimum Gasteiger partial charge on any atom is -0.375 e. The monoisotopic (exact) mass is 183 g/mol. The topological polar surface area (TPSA) is 50.4 Å². The van der Waals surface area contributed by atoms with Gasteiger partial charge in [-0.05, 0) is 37.4 Å². The van der Waals surface area contributed by atoms with Crippen LogP contribution in [0.5, 0.6) is 0 Å². The fourth-order valence-corrected chi connectivity index (χ4v) is 1.21. The largest absolute Gasteiger partial charge is 0.375 e. The maximum Gasteiger partial charge on any atom is 0.184 e. The predicted molar refractivity (Wildman–Crippen MR) is 54.9 cm³/mol. The van der Waals surface area contributed by atoms with Crippen molar-refractivity contribution in [2.45, 2.75) is 19.3 Å². The third kappa shape index (κ3) is 3.48. The number of nitrogens with zero attached hydrogens (tertiary/aromatic N) is 1. The normalized spacial score (nSPS) is 22.8. The Hall–Kier alpha value is -0.900. The highest BCUT2D eigenvalue weighted by Gasteiger charge is 2.05. The highest BCUT2D eigenvalue weighted by molar-refractivity contribution is 7.80. The molecule has 1 aliphatic carbocycles. The van der Waals surface area contributed by atoms with Gasteiger partial charge in [-0.15, -0.1) is 0 Å². The number of hydrazone groups is 1. The van der Waals surface area contributed by atoms with Gasteiger partial charge in [0.15, 0.2) is 5.11 Å². The van der Waals surface area contributed by atoms with E-state index in [1.807, 2.05) is 6.21 Å². The summed E-state index contributed by atoms with van der Waals surface area (Å²) in [7, 11) is 0. The Balaban J connectivity index is 2.25. The lowest BCUT2D eigenvalue weighted by molar-refractivity contribution is 0.624. The molecule has 0 bridgehead atoms. The average molecular weight is 183 g/mol. The van der Waals surface area contributed by atoms with E-state index in [0.717, 1.165) is 12.8 Å². The zero-order valence-corrected chi connectivity index (χ0v) is 7.68. The predicted octanol–water partition coefficient (Wildman–Crippen LogP) is 1.16. The first-order chi connectivity index (χ1) is 5.79. The molecular weight excluding hydrogens is 170 g/mol. The summed E-state index contributed by atoms with van der Waals surface area (Å²) in [6.45, 7) is 0. The van der Waals surface area contributed by atoms with Gasteiger partial charge in [0.25, 0.3) is 0 Å². The van der Waals surface area contributed by atoms with Crippen molar-refractivity contribution in [1.29, 1.82) is 0 Å². The minimum absolute atomic E-state index is 0.220. The molecule has 0 aromatic heterocycles. The molecule has 0 aromatic carbocycles. The summed E-state index contributed by atoms with van der Waals surface area (Å²) in [6, 6.07) is 0. The number of nitrogens with one attached hydrogen (secondary N) is 1. The van der Waals surface area contributed by atoms with Crippen LogP contribution in [0.2, 0.25) is 0 Å². The standard InChI is InChI=1S/C8H13N3S/c9-8(12)11-10-6-7-4-2-1-3-5-7/h1-2,6-7H,3-5H2,(H3,9,11,12)/b10-6+/t7-/m0/s1. The van der Waals surface area contributed by atoms with Crippen LogP contribution in [0, 0.1) is 5.92 Å². The molecule has 66 valence electrons. The van der Waals surface area contributed by atoms with Crippen molar-refractivity contribution in [3.63, 3.8) is 0 Å². The zero-order valence-electron chi connectivity index (χ0n) is 6.86. The maximum atomic E-state index is 5.20. The van der Waals surface area contributed by atoms with Gasteiger partial charge >= 0.3 is 0 Å². The third-order valence-electron chi connectivity index (χ3n) is 1.77. The Morgan fingerprint density at radius 2 is 2.50 bits per heavy atom. The molecule has 0 aliphatic heterocycles.